The molecule has 1 aliphatic carbocycles. The topological polar surface area (TPSA) is 138 Å². The number of nitrogens with zero attached hydrogens (tertiary/aromatic N) is 5. The van der Waals surface area contributed by atoms with Crippen LogP contribution in [0.15, 0.2) is 60.7 Å². The normalized spacial score (nSPS) is 24.3. The number of piperidine rings is 1. The number of anilines is 3. The number of aromatic amines is 1. The number of imide groups is 1. The van der Waals surface area contributed by atoms with E-state index in [0.717, 1.165) is 48.8 Å². The number of primary amides is 1. The summed E-state index contributed by atoms with van der Waals surface area (Å²) in [5.74, 6) is 0.537. The molecule has 0 radical (unpaired) electrons. The lowest BCUT2D eigenvalue weighted by molar-refractivity contribution is -0.120. The first-order chi connectivity index (χ1) is 28.1. The first-order valence-electron chi connectivity index (χ1n) is 21.1. The van der Waals surface area contributed by atoms with Crippen molar-refractivity contribution in [1.29, 1.82) is 0 Å². The van der Waals surface area contributed by atoms with Crippen molar-refractivity contribution in [2.45, 2.75) is 69.7 Å². The number of amides is 6. The molecule has 13 heteroatoms. The zero-order valence-electron chi connectivity index (χ0n) is 33.2. The molecule has 0 bridgehead atoms. The van der Waals surface area contributed by atoms with Crippen LogP contribution in [0, 0.1) is 17.7 Å². The van der Waals surface area contributed by atoms with Crippen molar-refractivity contribution < 1.29 is 23.6 Å². The molecule has 4 N–H and O–H groups in total. The fraction of sp³-hybridized carbons (Fsp3) is 0.467. The van der Waals surface area contributed by atoms with E-state index >= 15 is 4.39 Å². The van der Waals surface area contributed by atoms with Crippen LogP contribution in [-0.4, -0.2) is 97.6 Å². The number of carbonyl (C=O) groups is 4. The minimum Gasteiger partial charge on any atom is -0.371 e. The van der Waals surface area contributed by atoms with Gasteiger partial charge in [-0.1, -0.05) is 24.3 Å². The van der Waals surface area contributed by atoms with Crippen LogP contribution in [0.5, 0.6) is 0 Å². The molecule has 1 aromatic heterocycles. The van der Waals surface area contributed by atoms with Gasteiger partial charge in [-0.3, -0.25) is 19.8 Å². The molecule has 9 rings (SSSR count). The molecule has 3 aromatic carbocycles. The average Bonchev–Trinajstić information content (AvgIpc) is 3.97. The summed E-state index contributed by atoms with van der Waals surface area (Å²) in [4.78, 5) is 62.3. The fourth-order valence-corrected chi connectivity index (χ4v) is 10.4. The average molecular weight is 789 g/mol. The number of fused-ring (bicyclic) bond motifs is 1. The maximum Gasteiger partial charge on any atom is 0.328 e. The summed E-state index contributed by atoms with van der Waals surface area (Å²) in [5.41, 5.74) is 12.0. The number of nitrogens with two attached hydrogens (primary N) is 1. The van der Waals surface area contributed by atoms with Gasteiger partial charge in [0.1, 0.15) is 5.82 Å². The van der Waals surface area contributed by atoms with Gasteiger partial charge in [0.15, 0.2) is 0 Å². The van der Waals surface area contributed by atoms with Crippen LogP contribution in [-0.2, 0) is 4.79 Å². The lowest BCUT2D eigenvalue weighted by atomic mass is 9.75. The summed E-state index contributed by atoms with van der Waals surface area (Å²) in [5, 5.41) is 3.02. The second kappa shape index (κ2) is 15.6. The van der Waals surface area contributed by atoms with E-state index in [1.807, 2.05) is 35.0 Å². The first kappa shape index (κ1) is 38.0. The molecular formula is C45H53FN8O4. The van der Waals surface area contributed by atoms with Gasteiger partial charge in [-0.25, -0.2) is 14.0 Å². The molecular weight excluding hydrogens is 736 g/mol. The van der Waals surface area contributed by atoms with Gasteiger partial charge in [0.2, 0.25) is 5.91 Å². The van der Waals surface area contributed by atoms with Crippen molar-refractivity contribution in [3.05, 3.63) is 77.6 Å². The Labute approximate surface area is 338 Å². The molecule has 5 fully saturated rings. The highest BCUT2D eigenvalue weighted by Crippen LogP contribution is 2.42. The van der Waals surface area contributed by atoms with Crippen molar-refractivity contribution in [3.63, 3.8) is 0 Å². The van der Waals surface area contributed by atoms with E-state index in [2.05, 4.69) is 51.6 Å². The van der Waals surface area contributed by atoms with Crippen LogP contribution in [0.1, 0.15) is 79.6 Å². The largest absolute Gasteiger partial charge is 0.371 e. The summed E-state index contributed by atoms with van der Waals surface area (Å²) < 4.78 is 16.0. The number of H-pyrrole nitrogens is 1. The van der Waals surface area contributed by atoms with E-state index in [4.69, 9.17) is 5.73 Å². The van der Waals surface area contributed by atoms with Gasteiger partial charge in [0, 0.05) is 81.7 Å². The Morgan fingerprint density at radius 2 is 1.57 bits per heavy atom. The van der Waals surface area contributed by atoms with Crippen LogP contribution in [0.25, 0.3) is 22.2 Å². The lowest BCUT2D eigenvalue weighted by Crippen LogP contribution is -2.49. The van der Waals surface area contributed by atoms with E-state index in [1.165, 1.54) is 55.8 Å². The Morgan fingerprint density at radius 1 is 0.810 bits per heavy atom. The minimum atomic E-state index is -0.681. The molecule has 12 nitrogen and oxygen atoms in total. The molecule has 58 heavy (non-hydrogen) atoms. The van der Waals surface area contributed by atoms with Gasteiger partial charge in [-0.15, -0.1) is 0 Å². The summed E-state index contributed by atoms with van der Waals surface area (Å²) in [6.07, 6.45) is 9.27. The van der Waals surface area contributed by atoms with Crippen molar-refractivity contribution in [3.8, 4) is 11.3 Å². The van der Waals surface area contributed by atoms with Gasteiger partial charge >= 0.3 is 12.1 Å². The predicted octanol–water partition coefficient (Wildman–Crippen LogP) is 7.05. The zero-order valence-corrected chi connectivity index (χ0v) is 33.2. The highest BCUT2D eigenvalue weighted by molar-refractivity contribution is 6.10. The molecule has 4 saturated heterocycles. The van der Waals surface area contributed by atoms with Crippen LogP contribution in [0.2, 0.25) is 0 Å². The number of likely N-dealkylation sites (N-methyl/N-ethyl adjacent to an activating group) is 1. The second-order valence-electron chi connectivity index (χ2n) is 17.2. The van der Waals surface area contributed by atoms with Crippen LogP contribution >= 0.6 is 0 Å². The SMILES string of the molecule is CN1CCN([C@@H]2CCCN(c3c(F)cc(C(N)=O)c4[nH]c(-c5ccc(C6CCC(C[C@@H]7CCN(c8ccc(N9CCC(=O)NC9=O)cc8)C7)CC6)cc5)cc34)C2)C1=O. The zero-order chi connectivity index (χ0) is 40.1. The van der Waals surface area contributed by atoms with Crippen molar-refractivity contribution in [2.75, 3.05) is 67.6 Å². The Bertz CT molecular complexity index is 2220. The second-order valence-corrected chi connectivity index (χ2v) is 17.2. The maximum absolute atomic E-state index is 16.0. The van der Waals surface area contributed by atoms with Crippen molar-refractivity contribution >= 4 is 51.8 Å². The molecule has 304 valence electrons. The lowest BCUT2D eigenvalue weighted by Gasteiger charge is -2.39. The van der Waals surface area contributed by atoms with Gasteiger partial charge in [0.25, 0.3) is 5.91 Å². The quantitative estimate of drug-likeness (QED) is 0.166. The summed E-state index contributed by atoms with van der Waals surface area (Å²) in [6.45, 7) is 5.05. The van der Waals surface area contributed by atoms with Gasteiger partial charge in [0.05, 0.1) is 22.8 Å². The third-order valence-electron chi connectivity index (χ3n) is 13.6. The monoisotopic (exact) mass is 788 g/mol. The number of halogens is 1. The van der Waals surface area contributed by atoms with E-state index < -0.39 is 11.7 Å². The van der Waals surface area contributed by atoms with Crippen LogP contribution in [0.3, 0.4) is 0 Å². The van der Waals surface area contributed by atoms with Gasteiger partial charge < -0.3 is 30.3 Å². The highest BCUT2D eigenvalue weighted by atomic mass is 19.1. The Morgan fingerprint density at radius 3 is 2.28 bits per heavy atom. The summed E-state index contributed by atoms with van der Waals surface area (Å²) in [7, 11) is 1.82. The number of carbonyl (C=O) groups excluding carboxylic acids is 4. The van der Waals surface area contributed by atoms with E-state index in [0.29, 0.717) is 67.6 Å². The number of nitrogens with one attached hydrogen (secondary N) is 2. The van der Waals surface area contributed by atoms with Crippen molar-refractivity contribution in [2.24, 2.45) is 17.6 Å². The first-order valence-corrected chi connectivity index (χ1v) is 21.1. The standard InChI is InChI=1S/C45H53FN8O4/c1-50-21-22-54(45(50)58)35-3-2-18-52(27-35)42-36-25-39(48-41(36)37(43(47)56)24-38(42)46)32-10-8-31(9-11-32)30-6-4-28(5-7-30)23-29-16-19-51(26-29)33-12-14-34(15-13-33)53-20-17-40(55)49-44(53)57/h8-15,24-25,28-30,35,48H,2-7,16-23,26-27H2,1H3,(H2,47,56)(H,49,55,57)/t28?,29-,30?,35+/m0/s1. The van der Waals surface area contributed by atoms with E-state index in [1.54, 1.807) is 9.80 Å². The molecule has 0 spiro atoms. The third-order valence-corrected chi connectivity index (χ3v) is 13.6. The molecule has 6 amide bonds. The molecule has 1 saturated carbocycles. The van der Waals surface area contributed by atoms with E-state index in [9.17, 15) is 19.2 Å². The predicted molar refractivity (Wildman–Crippen MR) is 224 cm³/mol. The molecule has 5 heterocycles. The number of hydrogen-bond acceptors (Lipinski definition) is 6. The minimum absolute atomic E-state index is 0.00529. The van der Waals surface area contributed by atoms with Crippen LogP contribution in [0.4, 0.5) is 31.0 Å². The number of benzene rings is 3. The molecule has 4 aliphatic heterocycles. The van der Waals surface area contributed by atoms with Crippen LogP contribution < -0.4 is 25.8 Å². The van der Waals surface area contributed by atoms with Gasteiger partial charge in [-0.05, 0) is 117 Å². The smallest absolute Gasteiger partial charge is 0.328 e. The fourth-order valence-electron chi connectivity index (χ4n) is 10.4. The molecule has 0 unspecified atom stereocenters. The number of urea groups is 2. The number of hydrogen-bond donors (Lipinski definition) is 3. The molecule has 2 atom stereocenters. The summed E-state index contributed by atoms with van der Waals surface area (Å²) in [6, 6.07) is 19.7. The summed E-state index contributed by atoms with van der Waals surface area (Å²) >= 11 is 0. The Balaban J connectivity index is 0.821. The number of rotatable bonds is 9. The number of aromatic nitrogens is 1. The molecule has 4 aromatic rings. The maximum atomic E-state index is 16.0. The van der Waals surface area contributed by atoms with E-state index in [-0.39, 0.29) is 29.6 Å². The Kier molecular flexibility index (Phi) is 10.2. The van der Waals surface area contributed by atoms with Gasteiger partial charge in [-0.2, -0.15) is 0 Å². The molecule has 5 aliphatic rings. The highest BCUT2D eigenvalue weighted by Gasteiger charge is 2.36. The van der Waals surface area contributed by atoms with Crippen molar-refractivity contribution in [1.82, 2.24) is 20.1 Å². The third kappa shape index (κ3) is 7.35. The Hall–Kier alpha value is -5.59.